The zero-order valence-electron chi connectivity index (χ0n) is 14.0. The SMILES string of the molecule is O=C(NCCC(=O)N(Cc1ccc(F)cc1)C1CC1)c1ccccc1. The molecule has 1 aliphatic carbocycles. The minimum atomic E-state index is -0.281. The molecule has 0 aliphatic heterocycles. The third kappa shape index (κ3) is 4.89. The molecule has 5 heteroatoms. The molecule has 1 aliphatic rings. The fourth-order valence-electron chi connectivity index (χ4n) is 2.71. The van der Waals surface area contributed by atoms with Gasteiger partial charge in [-0.25, -0.2) is 4.39 Å². The Balaban J connectivity index is 1.51. The molecule has 0 radical (unpaired) electrons. The number of nitrogens with zero attached hydrogens (tertiary/aromatic N) is 1. The van der Waals surface area contributed by atoms with Crippen molar-refractivity contribution < 1.29 is 14.0 Å². The third-order valence-corrected chi connectivity index (χ3v) is 4.23. The molecule has 0 bridgehead atoms. The second-order valence-corrected chi connectivity index (χ2v) is 6.25. The number of benzene rings is 2. The van der Waals surface area contributed by atoms with Gasteiger partial charge in [-0.15, -0.1) is 0 Å². The molecule has 4 nitrogen and oxygen atoms in total. The van der Waals surface area contributed by atoms with E-state index < -0.39 is 0 Å². The molecule has 2 amide bonds. The van der Waals surface area contributed by atoms with Crippen molar-refractivity contribution in [2.75, 3.05) is 6.54 Å². The van der Waals surface area contributed by atoms with Crippen LogP contribution in [0.5, 0.6) is 0 Å². The summed E-state index contributed by atoms with van der Waals surface area (Å²) in [5.74, 6) is -0.443. The molecule has 1 N–H and O–H groups in total. The number of rotatable bonds is 7. The summed E-state index contributed by atoms with van der Waals surface area (Å²) < 4.78 is 13.0. The Morgan fingerprint density at radius 2 is 1.72 bits per heavy atom. The van der Waals surface area contributed by atoms with E-state index >= 15 is 0 Å². The Bertz CT molecular complexity index is 727. The van der Waals surface area contributed by atoms with Gasteiger partial charge in [0.2, 0.25) is 5.91 Å². The first-order valence-electron chi connectivity index (χ1n) is 8.50. The molecule has 0 unspecified atom stereocenters. The van der Waals surface area contributed by atoms with Gasteiger partial charge in [-0.2, -0.15) is 0 Å². The first kappa shape index (κ1) is 17.1. The number of hydrogen-bond acceptors (Lipinski definition) is 2. The Kier molecular flexibility index (Phi) is 5.43. The minimum Gasteiger partial charge on any atom is -0.352 e. The first-order valence-corrected chi connectivity index (χ1v) is 8.50. The van der Waals surface area contributed by atoms with Crippen molar-refractivity contribution in [3.8, 4) is 0 Å². The molecule has 1 fully saturated rings. The number of carbonyl (C=O) groups is 2. The average molecular weight is 340 g/mol. The van der Waals surface area contributed by atoms with Crippen LogP contribution in [0, 0.1) is 5.82 Å². The second-order valence-electron chi connectivity index (χ2n) is 6.25. The molecule has 0 atom stereocenters. The van der Waals surface area contributed by atoms with E-state index in [1.165, 1.54) is 12.1 Å². The molecule has 2 aromatic rings. The lowest BCUT2D eigenvalue weighted by Gasteiger charge is -2.22. The smallest absolute Gasteiger partial charge is 0.251 e. The van der Waals surface area contributed by atoms with Crippen LogP contribution in [0.1, 0.15) is 35.2 Å². The van der Waals surface area contributed by atoms with E-state index in [4.69, 9.17) is 0 Å². The van der Waals surface area contributed by atoms with Gasteiger partial charge in [-0.05, 0) is 42.7 Å². The fourth-order valence-corrected chi connectivity index (χ4v) is 2.71. The molecule has 0 spiro atoms. The molecule has 0 saturated heterocycles. The first-order chi connectivity index (χ1) is 12.1. The van der Waals surface area contributed by atoms with Gasteiger partial charge in [0.25, 0.3) is 5.91 Å². The number of halogens is 1. The lowest BCUT2D eigenvalue weighted by molar-refractivity contribution is -0.132. The van der Waals surface area contributed by atoms with E-state index in [1.807, 2.05) is 11.0 Å². The van der Waals surface area contributed by atoms with Crippen LogP contribution in [0.15, 0.2) is 54.6 Å². The van der Waals surface area contributed by atoms with Crippen molar-refractivity contribution in [2.24, 2.45) is 0 Å². The molecular formula is C20H21FN2O2. The van der Waals surface area contributed by atoms with Gasteiger partial charge >= 0.3 is 0 Å². The van der Waals surface area contributed by atoms with Crippen LogP contribution in [-0.4, -0.2) is 29.3 Å². The Hall–Kier alpha value is -2.69. The van der Waals surface area contributed by atoms with E-state index in [-0.39, 0.29) is 30.1 Å². The van der Waals surface area contributed by atoms with Gasteiger partial charge in [0, 0.05) is 31.1 Å². The summed E-state index contributed by atoms with van der Waals surface area (Å²) in [5, 5.41) is 2.78. The predicted octanol–water partition coefficient (Wildman–Crippen LogP) is 3.14. The van der Waals surface area contributed by atoms with E-state index in [0.717, 1.165) is 18.4 Å². The topological polar surface area (TPSA) is 49.4 Å². The highest BCUT2D eigenvalue weighted by Crippen LogP contribution is 2.29. The minimum absolute atomic E-state index is 0.0141. The van der Waals surface area contributed by atoms with Crippen LogP contribution in [0.25, 0.3) is 0 Å². The highest BCUT2D eigenvalue weighted by atomic mass is 19.1. The fraction of sp³-hybridized carbons (Fsp3) is 0.300. The van der Waals surface area contributed by atoms with Crippen molar-refractivity contribution in [3.05, 3.63) is 71.5 Å². The maximum Gasteiger partial charge on any atom is 0.251 e. The quantitative estimate of drug-likeness (QED) is 0.842. The molecule has 0 heterocycles. The van der Waals surface area contributed by atoms with E-state index in [9.17, 15) is 14.0 Å². The van der Waals surface area contributed by atoms with Crippen molar-refractivity contribution in [2.45, 2.75) is 31.8 Å². The van der Waals surface area contributed by atoms with Crippen LogP contribution in [0.3, 0.4) is 0 Å². The van der Waals surface area contributed by atoms with E-state index in [2.05, 4.69) is 5.32 Å². The van der Waals surface area contributed by atoms with E-state index in [0.29, 0.717) is 18.7 Å². The van der Waals surface area contributed by atoms with E-state index in [1.54, 1.807) is 36.4 Å². The molecule has 3 rings (SSSR count). The van der Waals surface area contributed by atoms with Gasteiger partial charge in [0.15, 0.2) is 0 Å². The summed E-state index contributed by atoms with van der Waals surface area (Å²) in [7, 11) is 0. The summed E-state index contributed by atoms with van der Waals surface area (Å²) in [6.45, 7) is 0.787. The van der Waals surface area contributed by atoms with Crippen LogP contribution < -0.4 is 5.32 Å². The van der Waals surface area contributed by atoms with Crippen molar-refractivity contribution in [1.29, 1.82) is 0 Å². The van der Waals surface area contributed by atoms with Crippen molar-refractivity contribution >= 4 is 11.8 Å². The molecule has 0 aromatic heterocycles. The summed E-state index contributed by atoms with van der Waals surface area (Å²) >= 11 is 0. The molecule has 130 valence electrons. The maximum absolute atomic E-state index is 13.0. The van der Waals surface area contributed by atoms with Gasteiger partial charge in [-0.1, -0.05) is 30.3 Å². The zero-order chi connectivity index (χ0) is 17.6. The molecule has 2 aromatic carbocycles. The number of amides is 2. The standard InChI is InChI=1S/C20H21FN2O2/c21-17-8-6-15(7-9-17)14-23(18-10-11-18)19(24)12-13-22-20(25)16-4-2-1-3-5-16/h1-9,18H,10-14H2,(H,22,25). The van der Waals surface area contributed by atoms with Gasteiger partial charge < -0.3 is 10.2 Å². The lowest BCUT2D eigenvalue weighted by atomic mass is 10.2. The number of nitrogens with one attached hydrogen (secondary N) is 1. The number of hydrogen-bond donors (Lipinski definition) is 1. The zero-order valence-corrected chi connectivity index (χ0v) is 14.0. The second kappa shape index (κ2) is 7.92. The summed E-state index contributed by atoms with van der Waals surface area (Å²) in [6.07, 6.45) is 2.27. The largest absolute Gasteiger partial charge is 0.352 e. The normalized spacial score (nSPS) is 13.3. The van der Waals surface area contributed by atoms with Crippen molar-refractivity contribution in [3.63, 3.8) is 0 Å². The summed E-state index contributed by atoms with van der Waals surface area (Å²) in [5.41, 5.74) is 1.50. The Labute approximate surface area is 146 Å². The average Bonchev–Trinajstić information content (AvgIpc) is 3.46. The maximum atomic E-state index is 13.0. The highest BCUT2D eigenvalue weighted by molar-refractivity contribution is 5.94. The van der Waals surface area contributed by atoms with Crippen LogP contribution in [-0.2, 0) is 11.3 Å². The van der Waals surface area contributed by atoms with Gasteiger partial charge in [-0.3, -0.25) is 9.59 Å². The van der Waals surface area contributed by atoms with Gasteiger partial charge in [0.05, 0.1) is 0 Å². The lowest BCUT2D eigenvalue weighted by Crippen LogP contribution is -2.35. The van der Waals surface area contributed by atoms with Crippen LogP contribution in [0.2, 0.25) is 0 Å². The molecular weight excluding hydrogens is 319 g/mol. The Morgan fingerprint density at radius 3 is 2.36 bits per heavy atom. The Morgan fingerprint density at radius 1 is 1.04 bits per heavy atom. The monoisotopic (exact) mass is 340 g/mol. The summed E-state index contributed by atoms with van der Waals surface area (Å²) in [4.78, 5) is 26.3. The van der Waals surface area contributed by atoms with Crippen molar-refractivity contribution in [1.82, 2.24) is 10.2 Å². The summed E-state index contributed by atoms with van der Waals surface area (Å²) in [6, 6.07) is 15.4. The number of carbonyl (C=O) groups excluding carboxylic acids is 2. The molecule has 1 saturated carbocycles. The molecule has 25 heavy (non-hydrogen) atoms. The van der Waals surface area contributed by atoms with Gasteiger partial charge in [0.1, 0.15) is 5.82 Å². The third-order valence-electron chi connectivity index (χ3n) is 4.23. The highest BCUT2D eigenvalue weighted by Gasteiger charge is 2.32. The van der Waals surface area contributed by atoms with Crippen LogP contribution in [0.4, 0.5) is 4.39 Å². The van der Waals surface area contributed by atoms with Crippen LogP contribution >= 0.6 is 0 Å². The predicted molar refractivity (Wildman–Crippen MR) is 93.4 cm³/mol.